The number of carbonyl (C=O) groups is 1. The monoisotopic (exact) mass is 286 g/mol. The lowest BCUT2D eigenvalue weighted by Gasteiger charge is -2.39. The first-order valence-electron chi connectivity index (χ1n) is 8.20. The molecule has 1 aliphatic heterocycles. The molecule has 3 heteroatoms. The van der Waals surface area contributed by atoms with Crippen LogP contribution in [0.2, 0.25) is 0 Å². The quantitative estimate of drug-likeness (QED) is 0.877. The van der Waals surface area contributed by atoms with Crippen molar-refractivity contribution in [1.82, 2.24) is 10.6 Å². The van der Waals surface area contributed by atoms with Gasteiger partial charge in [0.25, 0.3) is 5.91 Å². The van der Waals surface area contributed by atoms with Gasteiger partial charge in [-0.3, -0.25) is 4.79 Å². The molecule has 1 aliphatic carbocycles. The lowest BCUT2D eigenvalue weighted by Crippen LogP contribution is -2.47. The largest absolute Gasteiger partial charge is 0.349 e. The average Bonchev–Trinajstić information content (AvgIpc) is 2.48. The van der Waals surface area contributed by atoms with Gasteiger partial charge in [-0.25, -0.2) is 0 Å². The standard InChI is InChI=1S/C18H26N2O/c1-18(2)10-4-3-8-16(18)20-17(21)15-7-5-6-13-12-19-11-9-14(13)15/h5-7,16,19H,3-4,8-12H2,1-2H3,(H,20,21). The van der Waals surface area contributed by atoms with Crippen molar-refractivity contribution in [3.63, 3.8) is 0 Å². The SMILES string of the molecule is CC1(C)CCCCC1NC(=O)c1cccc2c1CCNC2. The molecule has 21 heavy (non-hydrogen) atoms. The third-order valence-electron chi connectivity index (χ3n) is 5.20. The summed E-state index contributed by atoms with van der Waals surface area (Å²) < 4.78 is 0. The van der Waals surface area contributed by atoms with Gasteiger partial charge < -0.3 is 10.6 Å². The van der Waals surface area contributed by atoms with E-state index in [4.69, 9.17) is 0 Å². The molecule has 0 radical (unpaired) electrons. The van der Waals surface area contributed by atoms with Crippen LogP contribution in [0.25, 0.3) is 0 Å². The van der Waals surface area contributed by atoms with Gasteiger partial charge in [-0.2, -0.15) is 0 Å². The third-order valence-corrected chi connectivity index (χ3v) is 5.20. The number of rotatable bonds is 2. The minimum atomic E-state index is 0.119. The van der Waals surface area contributed by atoms with E-state index in [2.05, 4.69) is 30.5 Å². The zero-order valence-electron chi connectivity index (χ0n) is 13.2. The number of amides is 1. The first-order valence-corrected chi connectivity index (χ1v) is 8.20. The second kappa shape index (κ2) is 5.80. The van der Waals surface area contributed by atoms with E-state index in [9.17, 15) is 4.79 Å². The summed E-state index contributed by atoms with van der Waals surface area (Å²) in [4.78, 5) is 12.7. The summed E-state index contributed by atoms with van der Waals surface area (Å²) in [7, 11) is 0. The van der Waals surface area contributed by atoms with Gasteiger partial charge in [0, 0.05) is 18.2 Å². The Bertz CT molecular complexity index is 536. The lowest BCUT2D eigenvalue weighted by atomic mass is 9.73. The smallest absolute Gasteiger partial charge is 0.251 e. The first-order chi connectivity index (χ1) is 10.1. The van der Waals surface area contributed by atoms with Crippen LogP contribution in [-0.4, -0.2) is 18.5 Å². The number of carbonyl (C=O) groups excluding carboxylic acids is 1. The van der Waals surface area contributed by atoms with Crippen molar-refractivity contribution in [3.05, 3.63) is 34.9 Å². The lowest BCUT2D eigenvalue weighted by molar-refractivity contribution is 0.0852. The van der Waals surface area contributed by atoms with Crippen LogP contribution >= 0.6 is 0 Å². The fraction of sp³-hybridized carbons (Fsp3) is 0.611. The molecule has 1 atom stereocenters. The molecule has 1 aromatic rings. The molecule has 0 aromatic heterocycles. The van der Waals surface area contributed by atoms with E-state index in [1.54, 1.807) is 0 Å². The van der Waals surface area contributed by atoms with Gasteiger partial charge in [-0.1, -0.05) is 38.8 Å². The molecule has 0 spiro atoms. The highest BCUT2D eigenvalue weighted by Crippen LogP contribution is 2.35. The van der Waals surface area contributed by atoms with E-state index in [1.807, 2.05) is 12.1 Å². The molecular formula is C18H26N2O. The highest BCUT2D eigenvalue weighted by atomic mass is 16.1. The van der Waals surface area contributed by atoms with Crippen molar-refractivity contribution in [2.75, 3.05) is 6.54 Å². The van der Waals surface area contributed by atoms with Gasteiger partial charge >= 0.3 is 0 Å². The van der Waals surface area contributed by atoms with E-state index in [0.717, 1.165) is 31.5 Å². The maximum absolute atomic E-state index is 12.7. The molecule has 1 aromatic carbocycles. The third kappa shape index (κ3) is 2.98. The van der Waals surface area contributed by atoms with Crippen molar-refractivity contribution < 1.29 is 4.79 Å². The Labute approximate surface area is 127 Å². The topological polar surface area (TPSA) is 41.1 Å². The molecule has 114 valence electrons. The van der Waals surface area contributed by atoms with E-state index < -0.39 is 0 Å². The molecule has 1 saturated carbocycles. The molecule has 0 saturated heterocycles. The van der Waals surface area contributed by atoms with E-state index in [0.29, 0.717) is 6.04 Å². The number of hydrogen-bond acceptors (Lipinski definition) is 2. The molecule has 1 fully saturated rings. The molecule has 1 heterocycles. The van der Waals surface area contributed by atoms with Crippen LogP contribution in [0.1, 0.15) is 61.0 Å². The van der Waals surface area contributed by atoms with Gasteiger partial charge in [0.05, 0.1) is 0 Å². The molecule has 1 unspecified atom stereocenters. The Morgan fingerprint density at radius 2 is 2.19 bits per heavy atom. The van der Waals surface area contributed by atoms with Crippen molar-refractivity contribution in [2.45, 2.75) is 58.5 Å². The predicted octanol–water partition coefficient (Wildman–Crippen LogP) is 3.03. The Morgan fingerprint density at radius 3 is 3.00 bits per heavy atom. The zero-order valence-corrected chi connectivity index (χ0v) is 13.2. The van der Waals surface area contributed by atoms with Gasteiger partial charge in [-0.15, -0.1) is 0 Å². The molecule has 2 aliphatic rings. The maximum atomic E-state index is 12.7. The zero-order chi connectivity index (χ0) is 14.9. The van der Waals surface area contributed by atoms with Crippen LogP contribution in [0.5, 0.6) is 0 Å². The molecule has 2 N–H and O–H groups in total. The Morgan fingerprint density at radius 1 is 1.33 bits per heavy atom. The van der Waals surface area contributed by atoms with Gasteiger partial charge in [0.2, 0.25) is 0 Å². The molecule has 1 amide bonds. The van der Waals surface area contributed by atoms with Crippen LogP contribution in [0, 0.1) is 5.41 Å². The van der Waals surface area contributed by atoms with Gasteiger partial charge in [-0.05, 0) is 48.4 Å². The summed E-state index contributed by atoms with van der Waals surface area (Å²) in [6.07, 6.45) is 5.77. The highest BCUT2D eigenvalue weighted by molar-refractivity contribution is 5.96. The summed E-state index contributed by atoms with van der Waals surface area (Å²) in [5.74, 6) is 0.119. The minimum absolute atomic E-state index is 0.119. The highest BCUT2D eigenvalue weighted by Gasteiger charge is 2.33. The van der Waals surface area contributed by atoms with E-state index >= 15 is 0 Å². The predicted molar refractivity (Wildman–Crippen MR) is 85.4 cm³/mol. The Kier molecular flexibility index (Phi) is 4.03. The molecule has 0 bridgehead atoms. The summed E-state index contributed by atoms with van der Waals surface area (Å²) in [5.41, 5.74) is 3.61. The summed E-state index contributed by atoms with van der Waals surface area (Å²) in [5, 5.41) is 6.69. The van der Waals surface area contributed by atoms with E-state index in [1.165, 1.54) is 30.4 Å². The minimum Gasteiger partial charge on any atom is -0.349 e. The summed E-state index contributed by atoms with van der Waals surface area (Å²) in [6, 6.07) is 6.42. The van der Waals surface area contributed by atoms with E-state index in [-0.39, 0.29) is 11.3 Å². The van der Waals surface area contributed by atoms with Gasteiger partial charge in [0.15, 0.2) is 0 Å². The van der Waals surface area contributed by atoms with Crippen LogP contribution in [0.3, 0.4) is 0 Å². The number of nitrogens with one attached hydrogen (secondary N) is 2. The van der Waals surface area contributed by atoms with Crippen LogP contribution < -0.4 is 10.6 Å². The second-order valence-electron chi connectivity index (χ2n) is 7.13. The fourth-order valence-electron chi connectivity index (χ4n) is 3.74. The molecular weight excluding hydrogens is 260 g/mol. The van der Waals surface area contributed by atoms with Crippen molar-refractivity contribution >= 4 is 5.91 Å². The first kappa shape index (κ1) is 14.6. The Balaban J connectivity index is 1.79. The van der Waals surface area contributed by atoms with Gasteiger partial charge in [0.1, 0.15) is 0 Å². The summed E-state index contributed by atoms with van der Waals surface area (Å²) in [6.45, 7) is 6.40. The maximum Gasteiger partial charge on any atom is 0.251 e. The molecule has 3 nitrogen and oxygen atoms in total. The molecule has 3 rings (SSSR count). The average molecular weight is 286 g/mol. The van der Waals surface area contributed by atoms with Crippen LogP contribution in [0.4, 0.5) is 0 Å². The summed E-state index contributed by atoms with van der Waals surface area (Å²) >= 11 is 0. The Hall–Kier alpha value is -1.35. The number of hydrogen-bond donors (Lipinski definition) is 2. The normalized spacial score (nSPS) is 24.2. The van der Waals surface area contributed by atoms with Crippen LogP contribution in [0.15, 0.2) is 18.2 Å². The van der Waals surface area contributed by atoms with Crippen molar-refractivity contribution in [2.24, 2.45) is 5.41 Å². The fourth-order valence-corrected chi connectivity index (χ4v) is 3.74. The van der Waals surface area contributed by atoms with Crippen LogP contribution in [-0.2, 0) is 13.0 Å². The second-order valence-corrected chi connectivity index (χ2v) is 7.13. The number of benzene rings is 1. The number of fused-ring (bicyclic) bond motifs is 1. The van der Waals surface area contributed by atoms with Crippen molar-refractivity contribution in [3.8, 4) is 0 Å². The van der Waals surface area contributed by atoms with Crippen molar-refractivity contribution in [1.29, 1.82) is 0 Å².